The molecule has 0 fully saturated rings. The van der Waals surface area contributed by atoms with Crippen molar-refractivity contribution in [3.8, 4) is 5.75 Å². The Bertz CT molecular complexity index is 1580. The molecule has 3 aromatic rings. The molecule has 5 nitrogen and oxygen atoms in total. The molecule has 0 aliphatic carbocycles. The lowest BCUT2D eigenvalue weighted by atomic mass is 10.1. The zero-order chi connectivity index (χ0) is 46.5. The van der Waals surface area contributed by atoms with E-state index in [0.29, 0.717) is 48.4 Å². The van der Waals surface area contributed by atoms with E-state index in [1.165, 1.54) is 77.0 Å². The summed E-state index contributed by atoms with van der Waals surface area (Å²) >= 11 is 0. The Hall–Kier alpha value is -2.78. The van der Waals surface area contributed by atoms with Crippen LogP contribution in [0.4, 0.5) is 26.3 Å². The van der Waals surface area contributed by atoms with Gasteiger partial charge < -0.3 is 13.5 Å². The Morgan fingerprint density at radius 2 is 0.781 bits per heavy atom. The Morgan fingerprint density at radius 3 is 1.09 bits per heavy atom. The highest BCUT2D eigenvalue weighted by molar-refractivity contribution is 7.56. The maximum Gasteiger partial charge on any atom is 0.719 e. The van der Waals surface area contributed by atoms with Gasteiger partial charge in [0, 0.05) is 27.4 Å². The molecule has 3 aromatic carbocycles. The Kier molecular flexibility index (Phi) is 27.8. The third-order valence-corrected chi connectivity index (χ3v) is 15.0. The largest absolute Gasteiger partial charge is 0.719 e. The molecule has 0 aliphatic rings. The zero-order valence-electron chi connectivity index (χ0n) is 38.2. The third-order valence-electron chi connectivity index (χ3n) is 11.1. The number of halogens is 6. The van der Waals surface area contributed by atoms with Crippen LogP contribution in [0.1, 0.15) is 187 Å². The molecule has 0 amide bonds. The summed E-state index contributed by atoms with van der Waals surface area (Å²) in [6.07, 6.45) is 14.8. The average Bonchev–Trinajstić information content (AvgIpc) is 3.27. The molecular weight excluding hydrogens is 867 g/mol. The van der Waals surface area contributed by atoms with Gasteiger partial charge in [0.1, 0.15) is 5.75 Å². The summed E-state index contributed by atoms with van der Waals surface area (Å²) in [5, 5.41) is 0. The van der Waals surface area contributed by atoms with Crippen LogP contribution in [0.15, 0.2) is 78.9 Å². The fourth-order valence-corrected chi connectivity index (χ4v) is 11.0. The Balaban J connectivity index is 1.86. The van der Waals surface area contributed by atoms with Crippen molar-refractivity contribution in [3.63, 3.8) is 0 Å². The second-order valence-corrected chi connectivity index (χ2v) is 20.6. The lowest BCUT2D eigenvalue weighted by Crippen LogP contribution is -2.30. The number of unbranched alkanes of at least 4 members (excludes halogenated alkanes) is 20. The Labute approximate surface area is 382 Å². The van der Waals surface area contributed by atoms with E-state index >= 15 is 0 Å². The molecule has 0 saturated heterocycles. The summed E-state index contributed by atoms with van der Waals surface area (Å²) in [6.45, 7) is 4.40. The standard InChI is InChI=1S/C50H71BF6O5P2/c1-3-5-7-9-11-13-15-17-19-21-29-35-63(40-47(58)42-31-25-23-26-32-42)61-51(60-46-38-44(49(52,53)54)37-45(39-46)50(55,56)57)62-64(41-48(59)43-33-27-24-28-34-43)36-30-22-20-18-16-14-12-10-8-6-4-2/h23-28,31-34,37-39H,3-22,29-30,35-36,40-41H2,1-2H3. The van der Waals surface area contributed by atoms with Gasteiger partial charge in [-0.05, 0) is 43.4 Å². The minimum Gasteiger partial charge on any atom is -0.512 e. The normalized spacial score (nSPS) is 12.9. The minimum atomic E-state index is -5.11. The molecule has 0 saturated carbocycles. The van der Waals surface area contributed by atoms with E-state index in [9.17, 15) is 35.9 Å². The van der Waals surface area contributed by atoms with Crippen molar-refractivity contribution in [3.05, 3.63) is 101 Å². The van der Waals surface area contributed by atoms with Crippen molar-refractivity contribution in [2.45, 2.75) is 167 Å². The second-order valence-electron chi connectivity index (χ2n) is 16.7. The topological polar surface area (TPSA) is 61.8 Å². The van der Waals surface area contributed by atoms with Crippen LogP contribution in [-0.4, -0.2) is 43.5 Å². The number of hydrogen-bond acceptors (Lipinski definition) is 5. The number of carbonyl (C=O) groups is 2. The fraction of sp³-hybridized carbons (Fsp3) is 0.600. The van der Waals surface area contributed by atoms with Gasteiger partial charge in [-0.25, -0.2) is 0 Å². The number of ketones is 2. The van der Waals surface area contributed by atoms with Gasteiger partial charge in [-0.3, -0.25) is 9.59 Å². The van der Waals surface area contributed by atoms with Crippen LogP contribution in [0.3, 0.4) is 0 Å². The fourth-order valence-electron chi connectivity index (χ4n) is 7.41. The van der Waals surface area contributed by atoms with Crippen LogP contribution in [0.25, 0.3) is 0 Å². The molecule has 14 heteroatoms. The molecule has 0 bridgehead atoms. The maximum absolute atomic E-state index is 14.0. The van der Waals surface area contributed by atoms with Crippen LogP contribution >= 0.6 is 16.3 Å². The molecule has 0 N–H and O–H groups in total. The van der Waals surface area contributed by atoms with Gasteiger partial charge in [-0.1, -0.05) is 203 Å². The van der Waals surface area contributed by atoms with Crippen molar-refractivity contribution in [2.24, 2.45) is 0 Å². The summed E-state index contributed by atoms with van der Waals surface area (Å²) in [7, 11) is -5.18. The summed E-state index contributed by atoms with van der Waals surface area (Å²) < 4.78 is 103. The van der Waals surface area contributed by atoms with Crippen molar-refractivity contribution < 1.29 is 49.5 Å². The number of alkyl halides is 6. The first-order valence-corrected chi connectivity index (χ1v) is 27.0. The third kappa shape index (κ3) is 24.1. The van der Waals surface area contributed by atoms with Crippen LogP contribution in [0, 0.1) is 0 Å². The summed E-state index contributed by atoms with van der Waals surface area (Å²) in [5.41, 5.74) is -2.17. The first-order chi connectivity index (χ1) is 30.8. The number of Topliss-reactive ketones (excluding diaryl/α,β-unsaturated/α-hetero) is 2. The summed E-state index contributed by atoms with van der Waals surface area (Å²) in [4.78, 5) is 27.2. The van der Waals surface area contributed by atoms with Gasteiger partial charge in [0.25, 0.3) is 0 Å². The lowest BCUT2D eigenvalue weighted by molar-refractivity contribution is -0.143. The van der Waals surface area contributed by atoms with Crippen LogP contribution in [-0.2, 0) is 21.2 Å². The lowest BCUT2D eigenvalue weighted by Gasteiger charge is -2.26. The molecule has 2 atom stereocenters. The van der Waals surface area contributed by atoms with Gasteiger partial charge in [-0.2, -0.15) is 26.3 Å². The van der Waals surface area contributed by atoms with Gasteiger partial charge in [0.2, 0.25) is 0 Å². The molecule has 0 aromatic heterocycles. The molecule has 0 heterocycles. The predicted molar refractivity (Wildman–Crippen MR) is 253 cm³/mol. The SMILES string of the molecule is CCCCCCCCCCCCCP(CC(=O)c1ccccc1)OB(Oc1cc(C(F)(F)F)cc(C(F)(F)F)c1)OP(CCCCCCCCCCCCC)CC(=O)c1ccccc1. The van der Waals surface area contributed by atoms with E-state index in [0.717, 1.165) is 51.4 Å². The van der Waals surface area contributed by atoms with E-state index in [-0.39, 0.29) is 30.0 Å². The number of hydrogen-bond donors (Lipinski definition) is 0. The maximum atomic E-state index is 14.0. The van der Waals surface area contributed by atoms with E-state index < -0.39 is 52.8 Å². The number of rotatable bonds is 36. The van der Waals surface area contributed by atoms with E-state index in [4.69, 9.17) is 13.5 Å². The van der Waals surface area contributed by atoms with Crippen LogP contribution in [0.2, 0.25) is 0 Å². The van der Waals surface area contributed by atoms with E-state index in [1.54, 1.807) is 60.7 Å². The van der Waals surface area contributed by atoms with E-state index in [2.05, 4.69) is 13.8 Å². The van der Waals surface area contributed by atoms with Crippen LogP contribution in [0.5, 0.6) is 5.75 Å². The summed E-state index contributed by atoms with van der Waals surface area (Å²) in [5.74, 6) is -1.17. The first-order valence-electron chi connectivity index (χ1n) is 23.8. The van der Waals surface area contributed by atoms with Gasteiger partial charge in [-0.15, -0.1) is 0 Å². The predicted octanol–water partition coefficient (Wildman–Crippen LogP) is 17.3. The molecular formula is C50H71BF6O5P2. The smallest absolute Gasteiger partial charge is 0.512 e. The molecule has 3 rings (SSSR count). The van der Waals surface area contributed by atoms with E-state index in [1.807, 2.05) is 0 Å². The molecule has 0 radical (unpaired) electrons. The Morgan fingerprint density at radius 1 is 0.469 bits per heavy atom. The molecule has 2 unspecified atom stereocenters. The van der Waals surface area contributed by atoms with Crippen molar-refractivity contribution in [1.29, 1.82) is 0 Å². The second kappa shape index (κ2) is 32.0. The molecule has 0 aliphatic heterocycles. The number of benzene rings is 3. The zero-order valence-corrected chi connectivity index (χ0v) is 40.0. The molecule has 64 heavy (non-hydrogen) atoms. The quantitative estimate of drug-likeness (QED) is 0.0191. The average molecular weight is 939 g/mol. The van der Waals surface area contributed by atoms with Crippen molar-refractivity contribution >= 4 is 35.2 Å². The highest BCUT2D eigenvalue weighted by Gasteiger charge is 2.39. The van der Waals surface area contributed by atoms with Crippen molar-refractivity contribution in [2.75, 3.05) is 24.6 Å². The van der Waals surface area contributed by atoms with Gasteiger partial charge in [0.05, 0.1) is 23.5 Å². The molecule has 0 spiro atoms. The highest BCUT2D eigenvalue weighted by atomic mass is 31.1. The van der Waals surface area contributed by atoms with Gasteiger partial charge in [0.15, 0.2) is 11.6 Å². The highest BCUT2D eigenvalue weighted by Crippen LogP contribution is 2.46. The first kappa shape index (κ1) is 55.6. The van der Waals surface area contributed by atoms with Gasteiger partial charge >= 0.3 is 19.7 Å². The molecule has 356 valence electrons. The van der Waals surface area contributed by atoms with Crippen LogP contribution < -0.4 is 4.65 Å². The van der Waals surface area contributed by atoms with Crippen molar-refractivity contribution in [1.82, 2.24) is 0 Å². The monoisotopic (exact) mass is 938 g/mol. The summed E-state index contributed by atoms with van der Waals surface area (Å²) in [6, 6.07) is 18.3. The minimum absolute atomic E-state index is 0.0410. The number of carbonyl (C=O) groups excluding carboxylic acids is 2.